The summed E-state index contributed by atoms with van der Waals surface area (Å²) < 4.78 is 12.7. The molecule has 0 amide bonds. The third-order valence-electron chi connectivity index (χ3n) is 16.5. The summed E-state index contributed by atoms with van der Waals surface area (Å²) in [6.45, 7) is 17.5. The number of carboxylic acid groups (broad SMARTS) is 2. The number of hydrogen-bond donors (Lipinski definition) is 5. The van der Waals surface area contributed by atoms with E-state index >= 15 is 0 Å². The molecule has 0 aromatic rings. The van der Waals surface area contributed by atoms with Crippen molar-refractivity contribution in [3.8, 4) is 0 Å². The van der Waals surface area contributed by atoms with Crippen LogP contribution in [0.15, 0.2) is 24.3 Å². The molecule has 3 unspecified atom stereocenters. The summed E-state index contributed by atoms with van der Waals surface area (Å²) >= 11 is 0. The van der Waals surface area contributed by atoms with Crippen molar-refractivity contribution in [3.05, 3.63) is 24.3 Å². The van der Waals surface area contributed by atoms with Crippen molar-refractivity contribution >= 4 is 32.0 Å². The number of ketones is 1. The minimum Gasteiger partial charge on any atom is -0.481 e. The van der Waals surface area contributed by atoms with Gasteiger partial charge in [0, 0.05) is 56.3 Å². The van der Waals surface area contributed by atoms with Crippen molar-refractivity contribution in [1.82, 2.24) is 0 Å². The second kappa shape index (κ2) is 27.7. The fourth-order valence-electron chi connectivity index (χ4n) is 11.4. The monoisotopic (exact) mass is 947 g/mol. The summed E-state index contributed by atoms with van der Waals surface area (Å²) in [6, 6.07) is 0. The van der Waals surface area contributed by atoms with Gasteiger partial charge in [-0.3, -0.25) is 19.2 Å². The maximum absolute atomic E-state index is 12.3. The number of hydrogen-bond acceptors (Lipinski definition) is 9. The van der Waals surface area contributed by atoms with Crippen LogP contribution in [0.25, 0.3) is 0 Å². The van der Waals surface area contributed by atoms with Crippen LogP contribution < -0.4 is 0 Å². The highest BCUT2D eigenvalue weighted by Crippen LogP contribution is 2.53. The van der Waals surface area contributed by atoms with Crippen molar-refractivity contribution in [2.24, 2.45) is 34.5 Å². The van der Waals surface area contributed by atoms with E-state index in [0.717, 1.165) is 83.5 Å². The number of aliphatic carboxylic acids is 2. The zero-order valence-corrected chi connectivity index (χ0v) is 43.6. The molecule has 0 radical (unpaired) electrons. The van der Waals surface area contributed by atoms with Crippen molar-refractivity contribution in [3.63, 3.8) is 0 Å². The molecule has 0 bridgehead atoms. The van der Waals surface area contributed by atoms with Gasteiger partial charge in [-0.2, -0.15) is 0 Å². The van der Waals surface area contributed by atoms with Crippen molar-refractivity contribution in [2.45, 2.75) is 257 Å². The Hall–Kier alpha value is -2.38. The number of carbonyl (C=O) groups excluding carboxylic acids is 2. The summed E-state index contributed by atoms with van der Waals surface area (Å²) in [7, 11) is -1.94. The second-order valence-corrected chi connectivity index (χ2v) is 27.2. The second-order valence-electron chi connectivity index (χ2n) is 22.4. The van der Waals surface area contributed by atoms with Crippen LogP contribution in [0.1, 0.15) is 208 Å². The smallest absolute Gasteiger partial charge is 0.303 e. The third kappa shape index (κ3) is 17.5. The van der Waals surface area contributed by atoms with Crippen molar-refractivity contribution < 1.29 is 53.9 Å². The minimum absolute atomic E-state index is 0.0459. The number of aliphatic hydroxyl groups is 3. The highest BCUT2D eigenvalue weighted by molar-refractivity contribution is 6.74. The topological polar surface area (TPSA) is 188 Å². The van der Waals surface area contributed by atoms with E-state index in [2.05, 4.69) is 59.9 Å². The molecule has 66 heavy (non-hydrogen) atoms. The first-order valence-corrected chi connectivity index (χ1v) is 29.2. The lowest BCUT2D eigenvalue weighted by atomic mass is 9.62. The van der Waals surface area contributed by atoms with Crippen molar-refractivity contribution in [1.29, 1.82) is 0 Å². The van der Waals surface area contributed by atoms with Gasteiger partial charge in [0.25, 0.3) is 0 Å². The van der Waals surface area contributed by atoms with Gasteiger partial charge in [-0.25, -0.2) is 0 Å². The summed E-state index contributed by atoms with van der Waals surface area (Å²) in [4.78, 5) is 45.4. The Balaban J connectivity index is 0.000000367. The molecule has 380 valence electrons. The van der Waals surface area contributed by atoms with Gasteiger partial charge in [-0.1, -0.05) is 123 Å². The number of carbonyl (C=O) groups is 4. The van der Waals surface area contributed by atoms with Crippen LogP contribution in [0.5, 0.6) is 0 Å². The SMILES string of the molecule is CCCC1(C(C/C=C/[C@H]2[C@H](O)CC(OC(C)=O)[C@@H]2CCCCCCC(=O)O)O[Si](C)(C)C(C)(C)C)CCC1.CCCC1(C(O)C/C=C/[C@H]2[C@H](O)CC(=O)[C@@H]2CCCCCCC(=O)O)CCC1. The van der Waals surface area contributed by atoms with E-state index in [0.29, 0.717) is 25.7 Å². The lowest BCUT2D eigenvalue weighted by Crippen LogP contribution is -2.51. The van der Waals surface area contributed by atoms with Gasteiger partial charge in [-0.05, 0) is 106 Å². The molecule has 0 aromatic carbocycles. The summed E-state index contributed by atoms with van der Waals surface area (Å²) in [5, 5.41) is 49.6. The van der Waals surface area contributed by atoms with Crippen LogP contribution in [0.2, 0.25) is 18.1 Å². The maximum atomic E-state index is 12.3. The molecule has 4 rings (SSSR count). The van der Waals surface area contributed by atoms with Gasteiger partial charge in [-0.15, -0.1) is 0 Å². The summed E-state index contributed by atoms with van der Waals surface area (Å²) in [5.41, 5.74) is 0.344. The van der Waals surface area contributed by atoms with Gasteiger partial charge in [0.2, 0.25) is 0 Å². The third-order valence-corrected chi connectivity index (χ3v) is 21.0. The van der Waals surface area contributed by atoms with Gasteiger partial charge in [0.15, 0.2) is 8.32 Å². The molecule has 0 heterocycles. The molecule has 4 aliphatic rings. The first-order valence-electron chi connectivity index (χ1n) is 26.3. The molecular formula is C54H94O11Si. The number of rotatable bonds is 29. The predicted octanol–water partition coefficient (Wildman–Crippen LogP) is 11.9. The van der Waals surface area contributed by atoms with E-state index < -0.39 is 32.5 Å². The normalized spacial score (nSPS) is 27.0. The molecule has 4 fully saturated rings. The van der Waals surface area contributed by atoms with E-state index in [1.165, 1.54) is 45.4 Å². The molecule has 0 aromatic heterocycles. The molecule has 0 saturated heterocycles. The Bertz CT molecular complexity index is 1540. The molecule has 0 spiro atoms. The quantitative estimate of drug-likeness (QED) is 0.0208. The van der Waals surface area contributed by atoms with Gasteiger partial charge in [0.1, 0.15) is 11.9 Å². The van der Waals surface area contributed by atoms with Crippen LogP contribution in [0, 0.1) is 34.5 Å². The number of esters is 1. The minimum atomic E-state index is -1.94. The lowest BCUT2D eigenvalue weighted by Gasteiger charge is -2.51. The van der Waals surface area contributed by atoms with E-state index in [4.69, 9.17) is 19.4 Å². The lowest BCUT2D eigenvalue weighted by molar-refractivity contribution is -0.148. The number of Topliss-reactive ketones (excluding diaryl/α,β-unsaturated/α-hetero) is 1. The zero-order chi connectivity index (χ0) is 49.1. The number of carboxylic acids is 2. The number of aliphatic hydroxyl groups excluding tert-OH is 3. The Morgan fingerprint density at radius 3 is 1.77 bits per heavy atom. The fraction of sp³-hybridized carbons (Fsp3) is 0.852. The van der Waals surface area contributed by atoms with Gasteiger partial charge in [0.05, 0.1) is 24.4 Å². The van der Waals surface area contributed by atoms with E-state index in [9.17, 15) is 34.5 Å². The number of unbranched alkanes of at least 4 members (excludes halogenated alkanes) is 6. The molecule has 5 N–H and O–H groups in total. The van der Waals surface area contributed by atoms with Crippen LogP contribution in [-0.2, 0) is 28.3 Å². The average molecular weight is 947 g/mol. The Morgan fingerprint density at radius 2 is 1.27 bits per heavy atom. The van der Waals surface area contributed by atoms with Crippen LogP contribution in [0.3, 0.4) is 0 Å². The Kier molecular flexibility index (Phi) is 24.3. The molecule has 11 nitrogen and oxygen atoms in total. The van der Waals surface area contributed by atoms with Crippen LogP contribution in [-0.4, -0.2) is 88.1 Å². The standard InChI is InChI=1S/C31H56O6Si.C23H38O5/c1-8-19-31(20-14-21-31)28(37-38(6,7)30(3,4)5)17-13-16-24-25(15-11-9-10-12-18-29(34)35)27(22-26(24)33)36-23(2)32;1-2-13-23(14-8-15-23)21(26)11-7-10-18-17(19(24)16-20(18)25)9-5-3-4-6-12-22(27)28/h13,16,24-28,33H,8-12,14-15,17-22H2,1-7H3,(H,34,35);7,10,17-18,20-21,25-26H,2-6,8-9,11-16H2,1H3,(H,27,28)/b16-13+;10-7+/t24-,25-,26-,27?,28?;17-,18-,20-,21?/m11/s1. The molecule has 9 atom stereocenters. The molecule has 12 heteroatoms. The first-order chi connectivity index (χ1) is 31.1. The van der Waals surface area contributed by atoms with Crippen molar-refractivity contribution in [2.75, 3.05) is 0 Å². The average Bonchev–Trinajstić information content (AvgIpc) is 3.63. The van der Waals surface area contributed by atoms with Gasteiger partial charge < -0.3 is 34.7 Å². The van der Waals surface area contributed by atoms with E-state index in [1.54, 1.807) is 0 Å². The highest BCUT2D eigenvalue weighted by atomic mass is 28.4. The predicted molar refractivity (Wildman–Crippen MR) is 264 cm³/mol. The Morgan fingerprint density at radius 1 is 0.758 bits per heavy atom. The molecular weight excluding hydrogens is 853 g/mol. The van der Waals surface area contributed by atoms with Crippen LogP contribution in [0.4, 0.5) is 0 Å². The van der Waals surface area contributed by atoms with E-state index in [-0.39, 0.29) is 88.9 Å². The number of ether oxygens (including phenoxy) is 1. The maximum Gasteiger partial charge on any atom is 0.303 e. The largest absolute Gasteiger partial charge is 0.481 e. The summed E-state index contributed by atoms with van der Waals surface area (Å²) in [5.74, 6) is -1.93. The highest BCUT2D eigenvalue weighted by Gasteiger charge is 2.49. The molecule has 4 aliphatic carbocycles. The van der Waals surface area contributed by atoms with Gasteiger partial charge >= 0.3 is 17.9 Å². The zero-order valence-electron chi connectivity index (χ0n) is 42.6. The fourth-order valence-corrected chi connectivity index (χ4v) is 12.8. The summed E-state index contributed by atoms with van der Waals surface area (Å²) in [6.07, 6.45) is 29.5. The molecule has 0 aliphatic heterocycles. The Labute approximate surface area is 400 Å². The molecule has 4 saturated carbocycles. The van der Waals surface area contributed by atoms with E-state index in [1.807, 2.05) is 12.2 Å². The first kappa shape index (κ1) is 57.9. The van der Waals surface area contributed by atoms with Crippen LogP contribution >= 0.6 is 0 Å².